The van der Waals surface area contributed by atoms with Gasteiger partial charge in [0.1, 0.15) is 23.9 Å². The van der Waals surface area contributed by atoms with E-state index in [0.717, 1.165) is 0 Å². The molecule has 4 rings (SSSR count). The number of aromatic hydroxyl groups is 2. The van der Waals surface area contributed by atoms with E-state index in [-0.39, 0.29) is 42.3 Å². The summed E-state index contributed by atoms with van der Waals surface area (Å²) in [6, 6.07) is 16.3. The van der Waals surface area contributed by atoms with Gasteiger partial charge >= 0.3 is 6.09 Å². The van der Waals surface area contributed by atoms with Crippen molar-refractivity contribution in [1.29, 1.82) is 0 Å². The standard InChI is InChI=1S/C31H33FN2O6/c1-19-24(11-6-12-27(19)32)28-25(29(37)20-7-4-9-22(35)15-20)17-34(31(39)40-14-13-33(2)3)18-26(28)30(38)21-8-5-10-23(36)16-21/h4-12,15-16,25-26,28,35-36H,13-14,17-18H2,1-3H3. The molecule has 2 N–H and O–H groups in total. The molecular formula is C31H33FN2O6. The van der Waals surface area contributed by atoms with E-state index in [1.54, 1.807) is 25.1 Å². The smallest absolute Gasteiger partial charge is 0.409 e. The number of likely N-dealkylation sites (N-methyl/N-ethyl adjacent to an activating group) is 1. The normalized spacial score (nSPS) is 18.9. The molecule has 9 heteroatoms. The fourth-order valence-corrected chi connectivity index (χ4v) is 5.27. The average Bonchev–Trinajstić information content (AvgIpc) is 2.93. The Morgan fingerprint density at radius 2 is 1.43 bits per heavy atom. The third-order valence-electron chi connectivity index (χ3n) is 7.33. The molecule has 1 amide bonds. The van der Waals surface area contributed by atoms with Crippen LogP contribution >= 0.6 is 0 Å². The van der Waals surface area contributed by atoms with Gasteiger partial charge < -0.3 is 24.7 Å². The van der Waals surface area contributed by atoms with Crippen molar-refractivity contribution in [1.82, 2.24) is 9.80 Å². The van der Waals surface area contributed by atoms with Crippen molar-refractivity contribution in [3.8, 4) is 11.5 Å². The van der Waals surface area contributed by atoms with E-state index >= 15 is 0 Å². The van der Waals surface area contributed by atoms with Gasteiger partial charge in [-0.1, -0.05) is 36.4 Å². The Morgan fingerprint density at radius 1 is 0.900 bits per heavy atom. The summed E-state index contributed by atoms with van der Waals surface area (Å²) in [5, 5.41) is 20.1. The van der Waals surface area contributed by atoms with E-state index in [9.17, 15) is 29.0 Å². The fourth-order valence-electron chi connectivity index (χ4n) is 5.27. The number of piperidine rings is 1. The van der Waals surface area contributed by atoms with Crippen LogP contribution in [0.15, 0.2) is 66.7 Å². The van der Waals surface area contributed by atoms with Crippen LogP contribution in [0.1, 0.15) is 37.8 Å². The van der Waals surface area contributed by atoms with Gasteiger partial charge in [-0.25, -0.2) is 9.18 Å². The molecular weight excluding hydrogens is 515 g/mol. The number of phenolic OH excluding ortho intramolecular Hbond substituents is 2. The van der Waals surface area contributed by atoms with Crippen LogP contribution in [0.25, 0.3) is 0 Å². The highest BCUT2D eigenvalue weighted by molar-refractivity contribution is 6.03. The summed E-state index contributed by atoms with van der Waals surface area (Å²) in [5.74, 6) is -4.19. The zero-order chi connectivity index (χ0) is 29.0. The monoisotopic (exact) mass is 548 g/mol. The number of likely N-dealkylation sites (tertiary alicyclic amines) is 1. The number of Topliss-reactive ketones (excluding diaryl/α,β-unsaturated/α-hetero) is 2. The second-order valence-electron chi connectivity index (χ2n) is 10.3. The Kier molecular flexibility index (Phi) is 8.84. The fraction of sp³-hybridized carbons (Fsp3) is 0.323. The SMILES string of the molecule is Cc1c(F)cccc1C1C(C(=O)c2cccc(O)c2)CN(C(=O)OCCN(C)C)CC1C(=O)c1cccc(O)c1. The molecule has 0 aliphatic carbocycles. The number of nitrogens with zero attached hydrogens (tertiary/aromatic N) is 2. The first kappa shape index (κ1) is 28.8. The number of ketones is 2. The largest absolute Gasteiger partial charge is 0.508 e. The topological polar surface area (TPSA) is 107 Å². The summed E-state index contributed by atoms with van der Waals surface area (Å²) in [4.78, 5) is 44.4. The number of phenols is 2. The number of hydrogen-bond donors (Lipinski definition) is 2. The van der Waals surface area contributed by atoms with Crippen LogP contribution in [0.5, 0.6) is 11.5 Å². The Hall–Kier alpha value is -4.24. The van der Waals surface area contributed by atoms with Crippen molar-refractivity contribution in [3.05, 3.63) is 94.8 Å². The van der Waals surface area contributed by atoms with Crippen molar-refractivity contribution in [2.45, 2.75) is 12.8 Å². The summed E-state index contributed by atoms with van der Waals surface area (Å²) in [7, 11) is 3.68. The molecule has 40 heavy (non-hydrogen) atoms. The third kappa shape index (κ3) is 6.31. The zero-order valence-corrected chi connectivity index (χ0v) is 22.7. The highest BCUT2D eigenvalue weighted by atomic mass is 19.1. The summed E-state index contributed by atoms with van der Waals surface area (Å²) in [5.41, 5.74) is 1.19. The Morgan fingerprint density at radius 3 is 1.93 bits per heavy atom. The molecule has 0 bridgehead atoms. The zero-order valence-electron chi connectivity index (χ0n) is 22.7. The third-order valence-corrected chi connectivity index (χ3v) is 7.33. The predicted molar refractivity (Wildman–Crippen MR) is 147 cm³/mol. The average molecular weight is 549 g/mol. The molecule has 2 atom stereocenters. The quantitative estimate of drug-likeness (QED) is 0.395. The maximum atomic E-state index is 14.8. The lowest BCUT2D eigenvalue weighted by Crippen LogP contribution is -2.52. The first-order chi connectivity index (χ1) is 19.1. The number of halogens is 1. The molecule has 8 nitrogen and oxygen atoms in total. The molecule has 1 aliphatic heterocycles. The molecule has 1 fully saturated rings. The second-order valence-corrected chi connectivity index (χ2v) is 10.3. The number of carbonyl (C=O) groups is 3. The first-order valence-corrected chi connectivity index (χ1v) is 13.0. The maximum absolute atomic E-state index is 14.8. The van der Waals surface area contributed by atoms with Gasteiger partial charge in [0.25, 0.3) is 0 Å². The van der Waals surface area contributed by atoms with Gasteiger partial charge in [-0.3, -0.25) is 9.59 Å². The van der Waals surface area contributed by atoms with Crippen LogP contribution in [0.3, 0.4) is 0 Å². The van der Waals surface area contributed by atoms with E-state index in [0.29, 0.717) is 17.7 Å². The highest BCUT2D eigenvalue weighted by Crippen LogP contribution is 2.43. The van der Waals surface area contributed by atoms with Gasteiger partial charge in [-0.2, -0.15) is 0 Å². The predicted octanol–water partition coefficient (Wildman–Crippen LogP) is 4.64. The molecule has 2 unspecified atom stereocenters. The van der Waals surface area contributed by atoms with E-state index in [1.807, 2.05) is 19.0 Å². The van der Waals surface area contributed by atoms with E-state index in [2.05, 4.69) is 0 Å². The van der Waals surface area contributed by atoms with E-state index in [4.69, 9.17) is 4.74 Å². The minimum absolute atomic E-state index is 0.0697. The highest BCUT2D eigenvalue weighted by Gasteiger charge is 2.47. The van der Waals surface area contributed by atoms with E-state index < -0.39 is 41.2 Å². The second kappa shape index (κ2) is 12.3. The van der Waals surface area contributed by atoms with Crippen LogP contribution in [0.2, 0.25) is 0 Å². The number of amides is 1. The van der Waals surface area contributed by atoms with Gasteiger partial charge in [-0.15, -0.1) is 0 Å². The van der Waals surface area contributed by atoms with Crippen LogP contribution in [-0.4, -0.2) is 78.0 Å². The van der Waals surface area contributed by atoms with Crippen LogP contribution in [0, 0.1) is 24.6 Å². The maximum Gasteiger partial charge on any atom is 0.409 e. The number of hydrogen-bond acceptors (Lipinski definition) is 7. The lowest BCUT2D eigenvalue weighted by Gasteiger charge is -2.43. The molecule has 0 aromatic heterocycles. The molecule has 0 radical (unpaired) electrons. The van der Waals surface area contributed by atoms with Crippen molar-refractivity contribution < 1.29 is 33.7 Å². The number of benzene rings is 3. The van der Waals surface area contributed by atoms with Crippen molar-refractivity contribution >= 4 is 17.7 Å². The summed E-state index contributed by atoms with van der Waals surface area (Å²) < 4.78 is 20.3. The number of carbonyl (C=O) groups excluding carboxylic acids is 3. The molecule has 1 heterocycles. The Labute approximate surface area is 232 Å². The minimum Gasteiger partial charge on any atom is -0.508 e. The molecule has 1 aliphatic rings. The van der Waals surface area contributed by atoms with Gasteiger partial charge in [0.2, 0.25) is 0 Å². The molecule has 3 aromatic carbocycles. The molecule has 210 valence electrons. The Bertz CT molecular complexity index is 1340. The lowest BCUT2D eigenvalue weighted by atomic mass is 9.68. The molecule has 1 saturated heterocycles. The van der Waals surface area contributed by atoms with Gasteiger partial charge in [-0.05, 0) is 62.5 Å². The summed E-state index contributed by atoms with van der Waals surface area (Å²) in [6.07, 6.45) is -0.668. The van der Waals surface area contributed by atoms with Crippen molar-refractivity contribution in [3.63, 3.8) is 0 Å². The lowest BCUT2D eigenvalue weighted by molar-refractivity contribution is 0.0467. The van der Waals surface area contributed by atoms with Crippen LogP contribution in [0.4, 0.5) is 9.18 Å². The molecule has 0 spiro atoms. The number of rotatable bonds is 8. The van der Waals surface area contributed by atoms with Crippen LogP contribution < -0.4 is 0 Å². The first-order valence-electron chi connectivity index (χ1n) is 13.0. The molecule has 0 saturated carbocycles. The summed E-state index contributed by atoms with van der Waals surface area (Å²) >= 11 is 0. The molecule has 3 aromatic rings. The van der Waals surface area contributed by atoms with Crippen LogP contribution in [-0.2, 0) is 4.74 Å². The Balaban J connectivity index is 1.83. The van der Waals surface area contributed by atoms with Crippen molar-refractivity contribution in [2.24, 2.45) is 11.8 Å². The van der Waals surface area contributed by atoms with Gasteiger partial charge in [0, 0.05) is 48.5 Å². The van der Waals surface area contributed by atoms with E-state index in [1.165, 1.54) is 53.4 Å². The summed E-state index contributed by atoms with van der Waals surface area (Å²) in [6.45, 7) is 2.06. The van der Waals surface area contributed by atoms with Gasteiger partial charge in [0.05, 0.1) is 0 Å². The minimum atomic E-state index is -0.955. The number of ether oxygens (including phenoxy) is 1. The van der Waals surface area contributed by atoms with Crippen molar-refractivity contribution in [2.75, 3.05) is 40.3 Å². The van der Waals surface area contributed by atoms with Gasteiger partial charge in [0.15, 0.2) is 11.6 Å².